The summed E-state index contributed by atoms with van der Waals surface area (Å²) in [6.45, 7) is 2.13. The Labute approximate surface area is 149 Å². The topological polar surface area (TPSA) is 15.7 Å². The molecule has 0 N–H and O–H groups in total. The minimum atomic E-state index is 0.894. The predicted octanol–water partition coefficient (Wildman–Crippen LogP) is 5.52. The fraction of sp³-hybridized carbons (Fsp3) is 0.182. The average molecular weight is 330 g/mol. The predicted molar refractivity (Wildman–Crippen MR) is 106 cm³/mol. The second-order valence-corrected chi connectivity index (χ2v) is 6.49. The zero-order chi connectivity index (χ0) is 17.6. The molecular weight excluding hydrogens is 308 g/mol. The molecule has 0 spiro atoms. The number of nitrogens with zero attached hydrogens (tertiary/aromatic N) is 2. The van der Waals surface area contributed by atoms with Crippen LogP contribution in [0.25, 0.3) is 11.1 Å². The minimum Gasteiger partial charge on any atom is -0.497 e. The van der Waals surface area contributed by atoms with Gasteiger partial charge >= 0.3 is 0 Å². The van der Waals surface area contributed by atoms with Crippen molar-refractivity contribution >= 4 is 22.7 Å². The Bertz CT molecular complexity index is 949. The van der Waals surface area contributed by atoms with Gasteiger partial charge in [-0.05, 0) is 60.0 Å². The lowest BCUT2D eigenvalue weighted by Crippen LogP contribution is -2.24. The third kappa shape index (κ3) is 2.43. The van der Waals surface area contributed by atoms with Crippen molar-refractivity contribution in [2.75, 3.05) is 31.0 Å². The average Bonchev–Trinajstić information content (AvgIpc) is 2.65. The van der Waals surface area contributed by atoms with Gasteiger partial charge in [-0.1, -0.05) is 24.3 Å². The van der Waals surface area contributed by atoms with E-state index in [-0.39, 0.29) is 0 Å². The highest BCUT2D eigenvalue weighted by molar-refractivity contribution is 5.94. The molecule has 0 aliphatic carbocycles. The van der Waals surface area contributed by atoms with Gasteiger partial charge in [0.15, 0.2) is 0 Å². The minimum absolute atomic E-state index is 0.894. The van der Waals surface area contributed by atoms with Crippen LogP contribution < -0.4 is 14.5 Å². The van der Waals surface area contributed by atoms with Crippen LogP contribution in [0.4, 0.5) is 22.7 Å². The zero-order valence-electron chi connectivity index (χ0n) is 15.1. The number of anilines is 4. The molecule has 0 saturated heterocycles. The van der Waals surface area contributed by atoms with Gasteiger partial charge in [0, 0.05) is 14.1 Å². The maximum absolute atomic E-state index is 5.33. The highest BCUT2D eigenvalue weighted by Crippen LogP contribution is 2.47. The van der Waals surface area contributed by atoms with Gasteiger partial charge in [-0.2, -0.15) is 0 Å². The molecule has 4 rings (SSSR count). The number of rotatable bonds is 2. The molecule has 0 atom stereocenters. The van der Waals surface area contributed by atoms with E-state index in [4.69, 9.17) is 4.74 Å². The summed E-state index contributed by atoms with van der Waals surface area (Å²) in [4.78, 5) is 4.53. The summed E-state index contributed by atoms with van der Waals surface area (Å²) >= 11 is 0. The first-order chi connectivity index (χ1) is 12.1. The molecule has 3 aromatic rings. The van der Waals surface area contributed by atoms with Gasteiger partial charge in [0.25, 0.3) is 0 Å². The first-order valence-electron chi connectivity index (χ1n) is 8.45. The van der Waals surface area contributed by atoms with Gasteiger partial charge in [0.2, 0.25) is 0 Å². The molecule has 1 aliphatic heterocycles. The summed E-state index contributed by atoms with van der Waals surface area (Å²) in [5.41, 5.74) is 8.56. The highest BCUT2D eigenvalue weighted by atomic mass is 16.5. The Kier molecular flexibility index (Phi) is 3.65. The van der Waals surface area contributed by atoms with E-state index in [0.29, 0.717) is 0 Å². The van der Waals surface area contributed by atoms with Crippen molar-refractivity contribution in [2.45, 2.75) is 6.92 Å². The molecule has 0 bridgehead atoms. The summed E-state index contributed by atoms with van der Waals surface area (Å²) in [5.74, 6) is 0.894. The SMILES string of the molecule is COc1ccc(-c2ccc3c(c2)N(C)c2ccccc2N3C)c(C)c1. The summed E-state index contributed by atoms with van der Waals surface area (Å²) in [7, 11) is 5.97. The quantitative estimate of drug-likeness (QED) is 0.615. The number of hydrogen-bond acceptors (Lipinski definition) is 3. The number of ether oxygens (including phenoxy) is 1. The molecule has 126 valence electrons. The maximum Gasteiger partial charge on any atom is 0.119 e. The van der Waals surface area contributed by atoms with Crippen molar-refractivity contribution in [3.8, 4) is 16.9 Å². The van der Waals surface area contributed by atoms with Crippen molar-refractivity contribution in [1.29, 1.82) is 0 Å². The number of para-hydroxylation sites is 2. The van der Waals surface area contributed by atoms with Crippen LogP contribution in [0.2, 0.25) is 0 Å². The Morgan fingerprint density at radius 2 is 1.36 bits per heavy atom. The smallest absolute Gasteiger partial charge is 0.119 e. The van der Waals surface area contributed by atoms with Crippen molar-refractivity contribution in [3.63, 3.8) is 0 Å². The largest absolute Gasteiger partial charge is 0.497 e. The Hall–Kier alpha value is -2.94. The van der Waals surface area contributed by atoms with Gasteiger partial charge in [-0.3, -0.25) is 0 Å². The molecular formula is C22H22N2O. The highest BCUT2D eigenvalue weighted by Gasteiger charge is 2.24. The molecule has 0 unspecified atom stereocenters. The number of benzene rings is 3. The van der Waals surface area contributed by atoms with E-state index >= 15 is 0 Å². The van der Waals surface area contributed by atoms with Gasteiger partial charge in [0.05, 0.1) is 29.9 Å². The fourth-order valence-electron chi connectivity index (χ4n) is 3.62. The molecule has 3 heteroatoms. The van der Waals surface area contributed by atoms with E-state index in [0.717, 1.165) is 5.75 Å². The summed E-state index contributed by atoms with van der Waals surface area (Å²) in [5, 5.41) is 0. The van der Waals surface area contributed by atoms with Crippen molar-refractivity contribution in [3.05, 3.63) is 66.2 Å². The Balaban J connectivity index is 1.83. The fourth-order valence-corrected chi connectivity index (χ4v) is 3.62. The standard InChI is InChI=1S/C22H22N2O/c1-15-13-17(25-4)10-11-18(15)16-9-12-21-22(14-16)24(3)20-8-6-5-7-19(20)23(21)2/h5-14H,1-4H3. The lowest BCUT2D eigenvalue weighted by atomic mass is 9.98. The molecule has 0 aromatic heterocycles. The van der Waals surface area contributed by atoms with Gasteiger partial charge in [0.1, 0.15) is 5.75 Å². The third-order valence-electron chi connectivity index (χ3n) is 5.05. The van der Waals surface area contributed by atoms with Gasteiger partial charge in [-0.15, -0.1) is 0 Å². The van der Waals surface area contributed by atoms with Crippen LogP contribution in [0, 0.1) is 6.92 Å². The van der Waals surface area contributed by atoms with Crippen molar-refractivity contribution in [1.82, 2.24) is 0 Å². The molecule has 25 heavy (non-hydrogen) atoms. The monoisotopic (exact) mass is 330 g/mol. The van der Waals surface area contributed by atoms with Crippen LogP contribution in [-0.2, 0) is 0 Å². The molecule has 0 amide bonds. The van der Waals surface area contributed by atoms with Crippen molar-refractivity contribution < 1.29 is 4.74 Å². The number of aryl methyl sites for hydroxylation is 1. The van der Waals surface area contributed by atoms with E-state index in [1.54, 1.807) is 7.11 Å². The Morgan fingerprint density at radius 3 is 2.00 bits per heavy atom. The first kappa shape index (κ1) is 15.6. The van der Waals surface area contributed by atoms with E-state index in [9.17, 15) is 0 Å². The zero-order valence-corrected chi connectivity index (χ0v) is 15.1. The number of hydrogen-bond donors (Lipinski definition) is 0. The molecule has 0 fully saturated rings. The summed E-state index contributed by atoms with van der Waals surface area (Å²) in [6, 6.07) is 21.4. The van der Waals surface area contributed by atoms with E-state index in [1.165, 1.54) is 39.4 Å². The molecule has 1 heterocycles. The molecule has 0 radical (unpaired) electrons. The molecule has 1 aliphatic rings. The van der Waals surface area contributed by atoms with E-state index in [2.05, 4.69) is 85.4 Å². The van der Waals surface area contributed by atoms with Crippen LogP contribution in [-0.4, -0.2) is 21.2 Å². The van der Waals surface area contributed by atoms with E-state index in [1.807, 2.05) is 6.07 Å². The van der Waals surface area contributed by atoms with Gasteiger partial charge in [-0.25, -0.2) is 0 Å². The van der Waals surface area contributed by atoms with Crippen LogP contribution in [0.15, 0.2) is 60.7 Å². The normalized spacial score (nSPS) is 12.6. The molecule has 3 aromatic carbocycles. The summed E-state index contributed by atoms with van der Waals surface area (Å²) < 4.78 is 5.33. The van der Waals surface area contributed by atoms with Crippen molar-refractivity contribution in [2.24, 2.45) is 0 Å². The Morgan fingerprint density at radius 1 is 0.720 bits per heavy atom. The first-order valence-corrected chi connectivity index (χ1v) is 8.45. The van der Waals surface area contributed by atoms with Crippen LogP contribution in [0.5, 0.6) is 5.75 Å². The summed E-state index contributed by atoms with van der Waals surface area (Å²) in [6.07, 6.45) is 0. The van der Waals surface area contributed by atoms with Crippen LogP contribution in [0.3, 0.4) is 0 Å². The van der Waals surface area contributed by atoms with E-state index < -0.39 is 0 Å². The molecule has 0 saturated carbocycles. The van der Waals surface area contributed by atoms with Crippen LogP contribution in [0.1, 0.15) is 5.56 Å². The number of methoxy groups -OCH3 is 1. The number of fused-ring (bicyclic) bond motifs is 2. The second kappa shape index (κ2) is 5.85. The third-order valence-corrected chi connectivity index (χ3v) is 5.05. The second-order valence-electron chi connectivity index (χ2n) is 6.49. The lowest BCUT2D eigenvalue weighted by Gasteiger charge is -2.36. The van der Waals surface area contributed by atoms with Crippen LogP contribution >= 0.6 is 0 Å². The van der Waals surface area contributed by atoms with Gasteiger partial charge < -0.3 is 14.5 Å². The molecule has 3 nitrogen and oxygen atoms in total. The lowest BCUT2D eigenvalue weighted by molar-refractivity contribution is 0.414. The maximum atomic E-state index is 5.33.